The molecule has 0 amide bonds. The second-order valence-corrected chi connectivity index (χ2v) is 7.96. The third kappa shape index (κ3) is 3.11. The number of rotatable bonds is 3. The van der Waals surface area contributed by atoms with Gasteiger partial charge in [-0.2, -0.15) is 15.2 Å². The summed E-state index contributed by atoms with van der Waals surface area (Å²) in [5, 5.41) is 22.2. The molecule has 9 nitrogen and oxygen atoms in total. The molecule has 3 aromatic heterocycles. The van der Waals surface area contributed by atoms with Crippen LogP contribution in [0.5, 0.6) is 0 Å². The van der Waals surface area contributed by atoms with E-state index in [4.69, 9.17) is 4.98 Å². The van der Waals surface area contributed by atoms with Gasteiger partial charge in [-0.05, 0) is 56.4 Å². The van der Waals surface area contributed by atoms with Crippen LogP contribution in [-0.4, -0.2) is 40.5 Å². The molecule has 30 heavy (non-hydrogen) atoms. The Labute approximate surface area is 172 Å². The lowest BCUT2D eigenvalue weighted by molar-refractivity contribution is 0.110. The number of aromatic nitrogens is 6. The minimum absolute atomic E-state index is 0.0355. The lowest BCUT2D eigenvalue weighted by Crippen LogP contribution is -2.30. The lowest BCUT2D eigenvalue weighted by Gasteiger charge is -2.26. The maximum Gasteiger partial charge on any atom is 0.330 e. The fourth-order valence-electron chi connectivity index (χ4n) is 4.24. The van der Waals surface area contributed by atoms with Crippen molar-refractivity contribution in [3.8, 4) is 0 Å². The van der Waals surface area contributed by atoms with Crippen LogP contribution in [0, 0.1) is 6.92 Å². The molecule has 9 heteroatoms. The van der Waals surface area contributed by atoms with Gasteiger partial charge in [-0.3, -0.25) is 9.13 Å². The van der Waals surface area contributed by atoms with Crippen molar-refractivity contribution < 1.29 is 5.11 Å². The number of nitrogens with one attached hydrogen (secondary N) is 1. The molecule has 1 fully saturated rings. The highest BCUT2D eigenvalue weighted by molar-refractivity contribution is 5.84. The first-order chi connectivity index (χ1) is 14.5. The zero-order valence-corrected chi connectivity index (χ0v) is 16.9. The van der Waals surface area contributed by atoms with Gasteiger partial charge in [0.1, 0.15) is 5.52 Å². The molecular formula is C21H23N7O2. The van der Waals surface area contributed by atoms with E-state index >= 15 is 0 Å². The Kier molecular flexibility index (Phi) is 4.47. The van der Waals surface area contributed by atoms with Gasteiger partial charge in [-0.1, -0.05) is 0 Å². The number of anilines is 2. The summed E-state index contributed by atoms with van der Waals surface area (Å²) in [5.74, 6) is 0.433. The van der Waals surface area contributed by atoms with E-state index in [1.807, 2.05) is 25.1 Å². The Hall–Kier alpha value is -3.33. The quantitative estimate of drug-likeness (QED) is 0.539. The highest BCUT2D eigenvalue weighted by Crippen LogP contribution is 2.30. The minimum Gasteiger partial charge on any atom is -0.393 e. The molecule has 2 N–H and O–H groups in total. The number of aryl methyl sites for hydroxylation is 2. The Morgan fingerprint density at radius 2 is 2.00 bits per heavy atom. The van der Waals surface area contributed by atoms with Crippen molar-refractivity contribution in [1.82, 2.24) is 29.3 Å². The molecule has 0 spiro atoms. The van der Waals surface area contributed by atoms with Crippen molar-refractivity contribution in [2.75, 3.05) is 5.32 Å². The van der Waals surface area contributed by atoms with Crippen LogP contribution in [0.25, 0.3) is 22.1 Å². The van der Waals surface area contributed by atoms with Gasteiger partial charge >= 0.3 is 5.69 Å². The summed E-state index contributed by atoms with van der Waals surface area (Å²) in [6.45, 7) is 1.99. The van der Waals surface area contributed by atoms with Crippen LogP contribution < -0.4 is 11.0 Å². The smallest absolute Gasteiger partial charge is 0.330 e. The highest BCUT2D eigenvalue weighted by Gasteiger charge is 2.26. The van der Waals surface area contributed by atoms with Gasteiger partial charge in [0.05, 0.1) is 24.0 Å². The first-order valence-corrected chi connectivity index (χ1v) is 10.1. The molecule has 3 heterocycles. The average molecular weight is 405 g/mol. The Morgan fingerprint density at radius 1 is 1.20 bits per heavy atom. The number of imidazole rings is 1. The first-order valence-electron chi connectivity index (χ1n) is 10.1. The second kappa shape index (κ2) is 7.17. The van der Waals surface area contributed by atoms with Crippen molar-refractivity contribution in [2.24, 2.45) is 7.05 Å². The molecule has 154 valence electrons. The number of hydrogen-bond acceptors (Lipinski definition) is 7. The largest absolute Gasteiger partial charge is 0.393 e. The lowest BCUT2D eigenvalue weighted by atomic mass is 9.93. The van der Waals surface area contributed by atoms with E-state index in [2.05, 4.69) is 20.5 Å². The summed E-state index contributed by atoms with van der Waals surface area (Å²) in [5.41, 5.74) is 3.92. The highest BCUT2D eigenvalue weighted by atomic mass is 16.3. The van der Waals surface area contributed by atoms with Crippen LogP contribution in [0.3, 0.4) is 0 Å². The normalized spacial score (nSPS) is 19.4. The SMILES string of the molecule is Cc1cc2nnccc2cc1Nc1ncc2c(n1)n([C@H]1CC[C@H](O)CC1)c(=O)n2C. The molecule has 0 radical (unpaired) electrons. The van der Waals surface area contributed by atoms with Crippen molar-refractivity contribution in [1.29, 1.82) is 0 Å². The standard InChI is InChI=1S/C21H23N7O2/c1-12-9-17-13(7-8-23-26-17)10-16(12)24-20-22-11-18-19(25-20)28(21(30)27(18)2)14-3-5-15(29)6-4-14/h7-11,14-15,29H,3-6H2,1-2H3,(H,22,24,25)/t14-,15-. The van der Waals surface area contributed by atoms with E-state index in [0.29, 0.717) is 30.0 Å². The van der Waals surface area contributed by atoms with Crippen LogP contribution in [0.2, 0.25) is 0 Å². The van der Waals surface area contributed by atoms with Gasteiger partial charge < -0.3 is 10.4 Å². The van der Waals surface area contributed by atoms with Crippen LogP contribution in [0.1, 0.15) is 37.3 Å². The van der Waals surface area contributed by atoms with Gasteiger partial charge in [0.15, 0.2) is 5.65 Å². The summed E-state index contributed by atoms with van der Waals surface area (Å²) in [7, 11) is 1.74. The molecule has 1 aromatic carbocycles. The number of aliphatic hydroxyl groups is 1. The molecule has 0 unspecified atom stereocenters. The summed E-state index contributed by atoms with van der Waals surface area (Å²) >= 11 is 0. The Balaban J connectivity index is 1.56. The van der Waals surface area contributed by atoms with Crippen LogP contribution in [0.15, 0.2) is 35.4 Å². The number of benzene rings is 1. The third-order valence-corrected chi connectivity index (χ3v) is 5.97. The maximum atomic E-state index is 12.9. The molecule has 1 aliphatic carbocycles. The number of nitrogens with zero attached hydrogens (tertiary/aromatic N) is 6. The monoisotopic (exact) mass is 405 g/mol. The van der Waals surface area contributed by atoms with Gasteiger partial charge in [0.2, 0.25) is 5.95 Å². The van der Waals surface area contributed by atoms with Crippen molar-refractivity contribution >= 4 is 33.7 Å². The van der Waals surface area contributed by atoms with Crippen molar-refractivity contribution in [3.05, 3.63) is 46.6 Å². The average Bonchev–Trinajstić information content (AvgIpc) is 2.99. The van der Waals surface area contributed by atoms with E-state index in [1.165, 1.54) is 0 Å². The summed E-state index contributed by atoms with van der Waals surface area (Å²) in [4.78, 5) is 22.0. The fraction of sp³-hybridized carbons (Fsp3) is 0.381. The zero-order chi connectivity index (χ0) is 20.8. The molecule has 4 aromatic rings. The Bertz CT molecular complexity index is 1300. The van der Waals surface area contributed by atoms with E-state index in [0.717, 1.165) is 35.0 Å². The van der Waals surface area contributed by atoms with Crippen molar-refractivity contribution in [3.63, 3.8) is 0 Å². The molecule has 0 aliphatic heterocycles. The molecule has 0 bridgehead atoms. The van der Waals surface area contributed by atoms with Gasteiger partial charge in [-0.25, -0.2) is 9.78 Å². The molecule has 0 saturated heterocycles. The van der Waals surface area contributed by atoms with Crippen LogP contribution in [-0.2, 0) is 7.05 Å². The maximum absolute atomic E-state index is 12.9. The third-order valence-electron chi connectivity index (χ3n) is 5.97. The van der Waals surface area contributed by atoms with E-state index < -0.39 is 0 Å². The molecule has 1 aliphatic rings. The Morgan fingerprint density at radius 3 is 2.80 bits per heavy atom. The van der Waals surface area contributed by atoms with Crippen molar-refractivity contribution in [2.45, 2.75) is 44.8 Å². The fourth-order valence-corrected chi connectivity index (χ4v) is 4.24. The summed E-state index contributed by atoms with van der Waals surface area (Å²) in [6.07, 6.45) is 5.98. The number of hydrogen-bond donors (Lipinski definition) is 2. The number of aliphatic hydroxyl groups excluding tert-OH is 1. The molecular weight excluding hydrogens is 382 g/mol. The number of fused-ring (bicyclic) bond motifs is 2. The van der Waals surface area contributed by atoms with Crippen LogP contribution >= 0.6 is 0 Å². The van der Waals surface area contributed by atoms with Gasteiger partial charge in [-0.15, -0.1) is 0 Å². The van der Waals surface area contributed by atoms with Crippen LogP contribution in [0.4, 0.5) is 11.6 Å². The summed E-state index contributed by atoms with van der Waals surface area (Å²) in [6, 6.07) is 5.90. The van der Waals surface area contributed by atoms with E-state index in [1.54, 1.807) is 28.6 Å². The van der Waals surface area contributed by atoms with E-state index in [9.17, 15) is 9.90 Å². The van der Waals surface area contributed by atoms with Gasteiger partial charge in [0, 0.05) is 24.2 Å². The van der Waals surface area contributed by atoms with E-state index in [-0.39, 0.29) is 17.8 Å². The predicted molar refractivity (Wildman–Crippen MR) is 114 cm³/mol. The second-order valence-electron chi connectivity index (χ2n) is 7.96. The zero-order valence-electron chi connectivity index (χ0n) is 16.9. The molecule has 0 atom stereocenters. The molecule has 1 saturated carbocycles. The summed E-state index contributed by atoms with van der Waals surface area (Å²) < 4.78 is 3.35. The topological polar surface area (TPSA) is 111 Å². The predicted octanol–water partition coefficient (Wildman–Crippen LogP) is 2.60. The van der Waals surface area contributed by atoms with Gasteiger partial charge in [0.25, 0.3) is 0 Å². The first kappa shape index (κ1) is 18.7. The minimum atomic E-state index is -0.278. The molecule has 5 rings (SSSR count).